The Morgan fingerprint density at radius 1 is 1.24 bits per heavy atom. The lowest BCUT2D eigenvalue weighted by molar-refractivity contribution is 0.0185. The molecule has 0 aromatic rings. The van der Waals surface area contributed by atoms with Gasteiger partial charge in [-0.1, -0.05) is 0 Å². The fraction of sp³-hybridized carbons (Fsp3) is 1.00. The van der Waals surface area contributed by atoms with Crippen LogP contribution in [0.1, 0.15) is 33.1 Å². The molecule has 2 atom stereocenters. The summed E-state index contributed by atoms with van der Waals surface area (Å²) < 4.78 is 23.2. The van der Waals surface area contributed by atoms with Crippen LogP contribution in [0.4, 0.5) is 4.39 Å². The highest BCUT2D eigenvalue weighted by Crippen LogP contribution is 2.25. The van der Waals surface area contributed by atoms with Crippen molar-refractivity contribution in [2.45, 2.75) is 51.3 Å². The van der Waals surface area contributed by atoms with E-state index in [0.29, 0.717) is 18.5 Å². The Labute approximate surface area is 104 Å². The van der Waals surface area contributed by atoms with E-state index in [9.17, 15) is 4.39 Å². The summed E-state index contributed by atoms with van der Waals surface area (Å²) in [6, 6.07) is 0.872. The lowest BCUT2D eigenvalue weighted by atomic mass is 10.2. The van der Waals surface area contributed by atoms with Crippen LogP contribution < -0.4 is 0 Å². The average molecular weight is 247 g/mol. The van der Waals surface area contributed by atoms with Crippen molar-refractivity contribution in [3.05, 3.63) is 0 Å². The molecule has 1 aliphatic rings. The van der Waals surface area contributed by atoms with E-state index in [1.54, 1.807) is 7.11 Å². The van der Waals surface area contributed by atoms with E-state index in [1.807, 2.05) is 13.8 Å². The van der Waals surface area contributed by atoms with Gasteiger partial charge in [-0.05, 0) is 33.1 Å². The van der Waals surface area contributed by atoms with Gasteiger partial charge in [-0.25, -0.2) is 0 Å². The Balaban J connectivity index is 2.44. The maximum absolute atomic E-state index is 12.3. The van der Waals surface area contributed by atoms with Gasteiger partial charge < -0.3 is 9.47 Å². The lowest BCUT2D eigenvalue weighted by Gasteiger charge is -2.30. The predicted octanol–water partition coefficient (Wildman–Crippen LogP) is 2.25. The third-order valence-corrected chi connectivity index (χ3v) is 3.30. The highest BCUT2D eigenvalue weighted by molar-refractivity contribution is 4.87. The zero-order chi connectivity index (χ0) is 12.7. The summed E-state index contributed by atoms with van der Waals surface area (Å²) >= 11 is 0. The van der Waals surface area contributed by atoms with Gasteiger partial charge in [0.25, 0.3) is 0 Å². The predicted molar refractivity (Wildman–Crippen MR) is 67.1 cm³/mol. The molecule has 0 aliphatic carbocycles. The second kappa shape index (κ2) is 8.01. The van der Waals surface area contributed by atoms with Crippen LogP contribution in [0, 0.1) is 0 Å². The molecule has 1 saturated heterocycles. The first-order valence-electron chi connectivity index (χ1n) is 6.61. The van der Waals surface area contributed by atoms with E-state index in [-0.39, 0.29) is 12.8 Å². The maximum Gasteiger partial charge on any atom is 0.0906 e. The van der Waals surface area contributed by atoms with E-state index in [1.165, 1.54) is 0 Å². The molecule has 1 rings (SSSR count). The summed E-state index contributed by atoms with van der Waals surface area (Å²) in [4.78, 5) is 2.37. The van der Waals surface area contributed by atoms with Crippen molar-refractivity contribution in [3.63, 3.8) is 0 Å². The minimum Gasteiger partial charge on any atom is -0.383 e. The molecule has 1 heterocycles. The highest BCUT2D eigenvalue weighted by Gasteiger charge is 2.32. The molecule has 1 fully saturated rings. The number of ether oxygens (including phenoxy) is 2. The van der Waals surface area contributed by atoms with E-state index in [2.05, 4.69) is 4.90 Å². The molecule has 0 aromatic carbocycles. The molecular weight excluding hydrogens is 221 g/mol. The second-order valence-corrected chi connectivity index (χ2v) is 5.00. The summed E-state index contributed by atoms with van der Waals surface area (Å²) in [6.45, 7) is 6.17. The van der Waals surface area contributed by atoms with Gasteiger partial charge in [0.2, 0.25) is 0 Å². The monoisotopic (exact) mass is 247 g/mol. The first kappa shape index (κ1) is 14.9. The molecule has 0 radical (unpaired) electrons. The Kier molecular flexibility index (Phi) is 7.00. The molecule has 17 heavy (non-hydrogen) atoms. The number of methoxy groups -OCH3 is 1. The fourth-order valence-electron chi connectivity index (χ4n) is 2.48. The molecule has 102 valence electrons. The SMILES string of the molecule is COCC1CCC(COC(C)C)N1CCCF. The smallest absolute Gasteiger partial charge is 0.0906 e. The first-order chi connectivity index (χ1) is 8.19. The summed E-state index contributed by atoms with van der Waals surface area (Å²) in [7, 11) is 1.73. The van der Waals surface area contributed by atoms with Crippen molar-refractivity contribution in [2.75, 3.05) is 33.5 Å². The lowest BCUT2D eigenvalue weighted by Crippen LogP contribution is -2.41. The number of hydrogen-bond acceptors (Lipinski definition) is 3. The number of hydrogen-bond donors (Lipinski definition) is 0. The number of nitrogens with zero attached hydrogens (tertiary/aromatic N) is 1. The standard InChI is InChI=1S/C13H26FNO2/c1-11(2)17-10-13-6-5-12(9-16-3)15(13)8-4-7-14/h11-13H,4-10H2,1-3H3. The first-order valence-corrected chi connectivity index (χ1v) is 6.61. The largest absolute Gasteiger partial charge is 0.383 e. The number of alkyl halides is 1. The molecule has 3 nitrogen and oxygen atoms in total. The quantitative estimate of drug-likeness (QED) is 0.656. The van der Waals surface area contributed by atoms with Crippen LogP contribution in [-0.4, -0.2) is 56.6 Å². The van der Waals surface area contributed by atoms with Crippen LogP contribution >= 0.6 is 0 Å². The van der Waals surface area contributed by atoms with E-state index in [4.69, 9.17) is 9.47 Å². The fourth-order valence-corrected chi connectivity index (χ4v) is 2.48. The van der Waals surface area contributed by atoms with E-state index < -0.39 is 0 Å². The van der Waals surface area contributed by atoms with Crippen LogP contribution in [0.5, 0.6) is 0 Å². The van der Waals surface area contributed by atoms with Gasteiger partial charge in [0.1, 0.15) is 0 Å². The molecule has 0 amide bonds. The topological polar surface area (TPSA) is 21.7 Å². The minimum absolute atomic E-state index is 0.242. The van der Waals surface area contributed by atoms with Gasteiger partial charge in [-0.2, -0.15) is 0 Å². The molecule has 0 N–H and O–H groups in total. The van der Waals surface area contributed by atoms with Crippen molar-refractivity contribution in [3.8, 4) is 0 Å². The second-order valence-electron chi connectivity index (χ2n) is 5.00. The third kappa shape index (κ3) is 4.90. The highest BCUT2D eigenvalue weighted by atomic mass is 19.1. The van der Waals surface area contributed by atoms with Crippen molar-refractivity contribution in [1.29, 1.82) is 0 Å². The van der Waals surface area contributed by atoms with Gasteiger partial charge >= 0.3 is 0 Å². The Hall–Kier alpha value is -0.190. The maximum atomic E-state index is 12.3. The van der Waals surface area contributed by atoms with Crippen molar-refractivity contribution in [2.24, 2.45) is 0 Å². The summed E-state index contributed by atoms with van der Waals surface area (Å²) in [5.74, 6) is 0. The number of halogens is 1. The molecule has 0 spiro atoms. The van der Waals surface area contributed by atoms with Crippen molar-refractivity contribution in [1.82, 2.24) is 4.90 Å². The molecule has 0 aromatic heterocycles. The Morgan fingerprint density at radius 2 is 1.88 bits per heavy atom. The van der Waals surface area contributed by atoms with Gasteiger partial charge in [0.05, 0.1) is 26.0 Å². The van der Waals surface area contributed by atoms with Gasteiger partial charge in [-0.15, -0.1) is 0 Å². The van der Waals surface area contributed by atoms with E-state index in [0.717, 1.165) is 32.6 Å². The van der Waals surface area contributed by atoms with Crippen LogP contribution in [0.25, 0.3) is 0 Å². The molecule has 1 aliphatic heterocycles. The Morgan fingerprint density at radius 3 is 2.41 bits per heavy atom. The van der Waals surface area contributed by atoms with Crippen LogP contribution in [-0.2, 0) is 9.47 Å². The summed E-state index contributed by atoms with van der Waals surface area (Å²) in [5, 5.41) is 0. The summed E-state index contributed by atoms with van der Waals surface area (Å²) in [6.07, 6.45) is 3.14. The molecule has 0 bridgehead atoms. The normalized spacial score (nSPS) is 25.9. The Bertz CT molecular complexity index is 202. The van der Waals surface area contributed by atoms with Gasteiger partial charge in [-0.3, -0.25) is 9.29 Å². The van der Waals surface area contributed by atoms with Crippen molar-refractivity contribution < 1.29 is 13.9 Å². The van der Waals surface area contributed by atoms with Crippen LogP contribution in [0.15, 0.2) is 0 Å². The number of rotatable bonds is 8. The van der Waals surface area contributed by atoms with Crippen LogP contribution in [0.3, 0.4) is 0 Å². The van der Waals surface area contributed by atoms with Gasteiger partial charge in [0, 0.05) is 25.7 Å². The molecule has 2 unspecified atom stereocenters. The zero-order valence-corrected chi connectivity index (χ0v) is 11.3. The minimum atomic E-state index is -0.242. The molecular formula is C13H26FNO2. The van der Waals surface area contributed by atoms with E-state index >= 15 is 0 Å². The summed E-state index contributed by atoms with van der Waals surface area (Å²) in [5.41, 5.74) is 0. The number of likely N-dealkylation sites (tertiary alicyclic amines) is 1. The average Bonchev–Trinajstić information content (AvgIpc) is 2.67. The molecule has 4 heteroatoms. The van der Waals surface area contributed by atoms with Crippen LogP contribution in [0.2, 0.25) is 0 Å². The molecule has 0 saturated carbocycles. The third-order valence-electron chi connectivity index (χ3n) is 3.30. The van der Waals surface area contributed by atoms with Crippen molar-refractivity contribution >= 4 is 0 Å². The zero-order valence-electron chi connectivity index (χ0n) is 11.3. The van der Waals surface area contributed by atoms with Gasteiger partial charge in [0.15, 0.2) is 0 Å².